The van der Waals surface area contributed by atoms with Crippen molar-refractivity contribution < 1.29 is 9.47 Å². The monoisotopic (exact) mass is 428 g/mol. The lowest BCUT2D eigenvalue weighted by Gasteiger charge is -2.10. The average Bonchev–Trinajstić information content (AvgIpc) is 3.17. The number of hydrogen-bond donors (Lipinski definition) is 1. The van der Waals surface area contributed by atoms with Crippen LogP contribution in [-0.2, 0) is 0 Å². The fourth-order valence-corrected chi connectivity index (χ4v) is 3.27. The first-order valence-electron chi connectivity index (χ1n) is 10.1. The summed E-state index contributed by atoms with van der Waals surface area (Å²) in [6, 6.07) is 19.2. The molecule has 162 valence electrons. The number of ether oxygens (including phenoxy) is 2. The van der Waals surface area contributed by atoms with Crippen molar-refractivity contribution in [2.75, 3.05) is 19.6 Å². The molecule has 2 heterocycles. The average molecular weight is 428 g/mol. The molecule has 0 atom stereocenters. The lowest BCUT2D eigenvalue weighted by Crippen LogP contribution is -2.06. The maximum atomic E-state index is 5.42. The van der Waals surface area contributed by atoms with E-state index in [-0.39, 0.29) is 0 Å². The maximum absolute atomic E-state index is 5.42. The summed E-state index contributed by atoms with van der Waals surface area (Å²) >= 11 is 0. The van der Waals surface area contributed by atoms with Crippen molar-refractivity contribution in [2.45, 2.75) is 13.8 Å². The standard InChI is InChI=1S/C24H24N6O2/c1-16-12-17(2)30(29-16)23-14-22(26-24(27-23)18-8-6-5-7-9-18)28-25-15-19-10-11-20(31-3)13-21(19)32-4/h5-15H,1-4H3,(H,26,27,28)/b25-15+. The molecule has 0 unspecified atom stereocenters. The van der Waals surface area contributed by atoms with E-state index in [1.165, 1.54) is 0 Å². The minimum Gasteiger partial charge on any atom is -0.497 e. The molecule has 0 aliphatic heterocycles. The zero-order valence-corrected chi connectivity index (χ0v) is 18.4. The van der Waals surface area contributed by atoms with Crippen molar-refractivity contribution in [2.24, 2.45) is 5.10 Å². The summed E-state index contributed by atoms with van der Waals surface area (Å²) in [6.45, 7) is 3.94. The Hall–Kier alpha value is -4.20. The first-order valence-corrected chi connectivity index (χ1v) is 10.1. The summed E-state index contributed by atoms with van der Waals surface area (Å²) in [5.41, 5.74) is 6.62. The topological polar surface area (TPSA) is 86.5 Å². The predicted molar refractivity (Wildman–Crippen MR) is 125 cm³/mol. The molecule has 0 aliphatic carbocycles. The zero-order chi connectivity index (χ0) is 22.5. The van der Waals surface area contributed by atoms with Crippen LogP contribution in [0, 0.1) is 13.8 Å². The van der Waals surface area contributed by atoms with Gasteiger partial charge in [-0.3, -0.25) is 5.43 Å². The molecular weight excluding hydrogens is 404 g/mol. The number of methoxy groups -OCH3 is 2. The van der Waals surface area contributed by atoms with Gasteiger partial charge in [-0.1, -0.05) is 30.3 Å². The van der Waals surface area contributed by atoms with Gasteiger partial charge < -0.3 is 9.47 Å². The molecule has 2 aromatic carbocycles. The Balaban J connectivity index is 1.68. The molecule has 1 N–H and O–H groups in total. The molecule has 0 radical (unpaired) electrons. The van der Waals surface area contributed by atoms with Crippen LogP contribution in [-0.4, -0.2) is 40.2 Å². The van der Waals surface area contributed by atoms with Gasteiger partial charge in [-0.25, -0.2) is 14.6 Å². The van der Waals surface area contributed by atoms with E-state index in [2.05, 4.69) is 20.6 Å². The number of rotatable bonds is 7. The largest absolute Gasteiger partial charge is 0.497 e. The second-order valence-electron chi connectivity index (χ2n) is 7.12. The van der Waals surface area contributed by atoms with Crippen LogP contribution in [0.25, 0.3) is 17.2 Å². The Bertz CT molecular complexity index is 1250. The quantitative estimate of drug-likeness (QED) is 0.347. The second-order valence-corrected chi connectivity index (χ2v) is 7.12. The third-order valence-corrected chi connectivity index (χ3v) is 4.79. The van der Waals surface area contributed by atoms with E-state index in [4.69, 9.17) is 14.5 Å². The van der Waals surface area contributed by atoms with Gasteiger partial charge in [0.1, 0.15) is 11.5 Å². The van der Waals surface area contributed by atoms with Gasteiger partial charge in [0.05, 0.1) is 26.1 Å². The maximum Gasteiger partial charge on any atom is 0.164 e. The van der Waals surface area contributed by atoms with Crippen molar-refractivity contribution in [3.8, 4) is 28.7 Å². The number of aryl methyl sites for hydroxylation is 2. The molecule has 0 bridgehead atoms. The van der Waals surface area contributed by atoms with Crippen molar-refractivity contribution in [1.82, 2.24) is 19.7 Å². The molecule has 0 spiro atoms. The summed E-state index contributed by atoms with van der Waals surface area (Å²) in [6.07, 6.45) is 1.67. The highest BCUT2D eigenvalue weighted by atomic mass is 16.5. The lowest BCUT2D eigenvalue weighted by atomic mass is 10.2. The third kappa shape index (κ3) is 4.59. The minimum absolute atomic E-state index is 0.546. The van der Waals surface area contributed by atoms with Gasteiger partial charge in [-0.15, -0.1) is 0 Å². The van der Waals surface area contributed by atoms with E-state index in [1.54, 1.807) is 31.2 Å². The van der Waals surface area contributed by atoms with Gasteiger partial charge in [-0.2, -0.15) is 10.2 Å². The highest BCUT2D eigenvalue weighted by Crippen LogP contribution is 2.24. The first kappa shape index (κ1) is 21.0. The molecule has 4 aromatic rings. The lowest BCUT2D eigenvalue weighted by molar-refractivity contribution is 0.394. The van der Waals surface area contributed by atoms with E-state index in [0.717, 1.165) is 22.5 Å². The number of benzene rings is 2. The van der Waals surface area contributed by atoms with E-state index < -0.39 is 0 Å². The van der Waals surface area contributed by atoms with Gasteiger partial charge >= 0.3 is 0 Å². The number of hydrazone groups is 1. The van der Waals surface area contributed by atoms with Gasteiger partial charge in [-0.05, 0) is 32.0 Å². The van der Waals surface area contributed by atoms with Crippen LogP contribution in [0.1, 0.15) is 17.0 Å². The van der Waals surface area contributed by atoms with Gasteiger partial charge in [0.25, 0.3) is 0 Å². The van der Waals surface area contributed by atoms with Crippen LogP contribution in [0.4, 0.5) is 5.82 Å². The summed E-state index contributed by atoms with van der Waals surface area (Å²) < 4.78 is 12.5. The smallest absolute Gasteiger partial charge is 0.164 e. The van der Waals surface area contributed by atoms with Crippen LogP contribution in [0.5, 0.6) is 11.5 Å². The third-order valence-electron chi connectivity index (χ3n) is 4.79. The molecule has 0 fully saturated rings. The Morgan fingerprint density at radius 3 is 2.44 bits per heavy atom. The fourth-order valence-electron chi connectivity index (χ4n) is 3.27. The number of aromatic nitrogens is 4. The molecule has 8 nitrogen and oxygen atoms in total. The predicted octanol–water partition coefficient (Wildman–Crippen LogP) is 4.41. The van der Waals surface area contributed by atoms with Crippen LogP contribution in [0.2, 0.25) is 0 Å². The van der Waals surface area contributed by atoms with Crippen LogP contribution in [0.15, 0.2) is 65.8 Å². The summed E-state index contributed by atoms with van der Waals surface area (Å²) in [7, 11) is 3.22. The van der Waals surface area contributed by atoms with Gasteiger partial charge in [0.15, 0.2) is 17.5 Å². The number of nitrogens with one attached hydrogen (secondary N) is 1. The molecule has 32 heavy (non-hydrogen) atoms. The Labute approximate surface area is 186 Å². The van der Waals surface area contributed by atoms with Crippen molar-refractivity contribution in [3.63, 3.8) is 0 Å². The molecule has 0 amide bonds. The zero-order valence-electron chi connectivity index (χ0n) is 18.4. The molecular formula is C24H24N6O2. The normalized spacial score (nSPS) is 11.0. The minimum atomic E-state index is 0.546. The molecule has 0 saturated carbocycles. The Kier molecular flexibility index (Phi) is 6.12. The van der Waals surface area contributed by atoms with E-state index in [9.17, 15) is 0 Å². The van der Waals surface area contributed by atoms with Crippen LogP contribution in [0.3, 0.4) is 0 Å². The van der Waals surface area contributed by atoms with Crippen molar-refractivity contribution >= 4 is 12.0 Å². The summed E-state index contributed by atoms with van der Waals surface area (Å²) in [4.78, 5) is 9.36. The van der Waals surface area contributed by atoms with E-state index >= 15 is 0 Å². The molecule has 4 rings (SSSR count). The highest BCUT2D eigenvalue weighted by molar-refractivity contribution is 5.84. The van der Waals surface area contributed by atoms with E-state index in [0.29, 0.717) is 29.0 Å². The molecule has 2 aromatic heterocycles. The number of anilines is 1. The molecule has 8 heteroatoms. The van der Waals surface area contributed by atoms with Gasteiger partial charge in [0.2, 0.25) is 0 Å². The fraction of sp³-hybridized carbons (Fsp3) is 0.167. The summed E-state index contributed by atoms with van der Waals surface area (Å²) in [5.74, 6) is 3.15. The van der Waals surface area contributed by atoms with Crippen LogP contribution < -0.4 is 14.9 Å². The van der Waals surface area contributed by atoms with Crippen molar-refractivity contribution in [1.29, 1.82) is 0 Å². The number of hydrogen-bond acceptors (Lipinski definition) is 7. The summed E-state index contributed by atoms with van der Waals surface area (Å²) in [5, 5.41) is 8.91. The first-order chi connectivity index (χ1) is 15.6. The Morgan fingerprint density at radius 1 is 0.938 bits per heavy atom. The molecule has 0 aliphatic rings. The Morgan fingerprint density at radius 2 is 1.75 bits per heavy atom. The van der Waals surface area contributed by atoms with Crippen LogP contribution >= 0.6 is 0 Å². The second kappa shape index (κ2) is 9.30. The number of nitrogens with zero attached hydrogens (tertiary/aromatic N) is 5. The molecule has 0 saturated heterocycles. The SMILES string of the molecule is COc1ccc(/C=N/Nc2cc(-n3nc(C)cc3C)nc(-c3ccccc3)n2)c(OC)c1. The van der Waals surface area contributed by atoms with Gasteiger partial charge in [0, 0.05) is 29.0 Å². The van der Waals surface area contributed by atoms with Crippen molar-refractivity contribution in [3.05, 3.63) is 77.6 Å². The highest BCUT2D eigenvalue weighted by Gasteiger charge is 2.11. The van der Waals surface area contributed by atoms with E-state index in [1.807, 2.05) is 68.4 Å².